The maximum atomic E-state index is 12.6. The van der Waals surface area contributed by atoms with E-state index in [0.717, 1.165) is 19.3 Å². The fourth-order valence-electron chi connectivity index (χ4n) is 2.23. The van der Waals surface area contributed by atoms with Crippen LogP contribution in [-0.4, -0.2) is 30.0 Å². The first kappa shape index (κ1) is 15.7. The summed E-state index contributed by atoms with van der Waals surface area (Å²) in [6.45, 7) is 1.93. The van der Waals surface area contributed by atoms with Crippen molar-refractivity contribution in [3.63, 3.8) is 0 Å². The van der Waals surface area contributed by atoms with Gasteiger partial charge in [-0.1, -0.05) is 26.0 Å². The smallest absolute Gasteiger partial charge is 0.387 e. The van der Waals surface area contributed by atoms with Crippen molar-refractivity contribution in [1.29, 1.82) is 0 Å². The second kappa shape index (κ2) is 6.87. The molecule has 1 aliphatic carbocycles. The largest absolute Gasteiger partial charge is 0.434 e. The SMILES string of the molecule is CC(C)CCN(C(=O)c1ccccc1OC(F)F)C1CC1. The predicted octanol–water partition coefficient (Wildman–Crippen LogP) is 3.94. The van der Waals surface area contributed by atoms with Crippen LogP contribution in [0.1, 0.15) is 43.5 Å². The Labute approximate surface area is 123 Å². The van der Waals surface area contributed by atoms with Crippen molar-refractivity contribution in [2.45, 2.75) is 45.8 Å². The number of ether oxygens (including phenoxy) is 1. The number of carbonyl (C=O) groups is 1. The van der Waals surface area contributed by atoms with Gasteiger partial charge in [0, 0.05) is 12.6 Å². The molecule has 0 aliphatic heterocycles. The first-order chi connectivity index (χ1) is 9.99. The molecule has 116 valence electrons. The Morgan fingerprint density at radius 3 is 2.57 bits per heavy atom. The third-order valence-corrected chi connectivity index (χ3v) is 3.53. The van der Waals surface area contributed by atoms with Crippen LogP contribution in [0.25, 0.3) is 0 Å². The maximum absolute atomic E-state index is 12.6. The summed E-state index contributed by atoms with van der Waals surface area (Å²) in [6, 6.07) is 6.46. The lowest BCUT2D eigenvalue weighted by Gasteiger charge is -2.24. The summed E-state index contributed by atoms with van der Waals surface area (Å²) >= 11 is 0. The predicted molar refractivity (Wildman–Crippen MR) is 76.6 cm³/mol. The van der Waals surface area contributed by atoms with Crippen LogP contribution in [0.15, 0.2) is 24.3 Å². The Hall–Kier alpha value is -1.65. The van der Waals surface area contributed by atoms with Gasteiger partial charge in [0.25, 0.3) is 5.91 Å². The average Bonchev–Trinajstić information content (AvgIpc) is 3.23. The molecule has 5 heteroatoms. The lowest BCUT2D eigenvalue weighted by atomic mass is 10.1. The van der Waals surface area contributed by atoms with Crippen LogP contribution in [0.3, 0.4) is 0 Å². The van der Waals surface area contributed by atoms with Gasteiger partial charge in [-0.15, -0.1) is 0 Å². The monoisotopic (exact) mass is 297 g/mol. The van der Waals surface area contributed by atoms with E-state index < -0.39 is 6.61 Å². The van der Waals surface area contributed by atoms with Crippen molar-refractivity contribution in [3.8, 4) is 5.75 Å². The summed E-state index contributed by atoms with van der Waals surface area (Å²) in [7, 11) is 0. The molecule has 1 saturated carbocycles. The summed E-state index contributed by atoms with van der Waals surface area (Å²) in [4.78, 5) is 14.4. The third-order valence-electron chi connectivity index (χ3n) is 3.53. The summed E-state index contributed by atoms with van der Waals surface area (Å²) in [6.07, 6.45) is 2.88. The van der Waals surface area contributed by atoms with Crippen LogP contribution in [0, 0.1) is 5.92 Å². The van der Waals surface area contributed by atoms with Crippen LogP contribution in [0.4, 0.5) is 8.78 Å². The molecule has 0 heterocycles. The van der Waals surface area contributed by atoms with E-state index in [2.05, 4.69) is 18.6 Å². The number of carbonyl (C=O) groups excluding carboxylic acids is 1. The second-order valence-corrected chi connectivity index (χ2v) is 5.79. The van der Waals surface area contributed by atoms with Gasteiger partial charge in [-0.05, 0) is 37.3 Å². The Morgan fingerprint density at radius 2 is 2.00 bits per heavy atom. The van der Waals surface area contributed by atoms with Crippen molar-refractivity contribution >= 4 is 5.91 Å². The summed E-state index contributed by atoms with van der Waals surface area (Å²) in [5.41, 5.74) is 0.216. The van der Waals surface area contributed by atoms with E-state index in [4.69, 9.17) is 0 Å². The number of benzene rings is 1. The van der Waals surface area contributed by atoms with Crippen molar-refractivity contribution in [2.24, 2.45) is 5.92 Å². The molecule has 1 aromatic carbocycles. The fourth-order valence-corrected chi connectivity index (χ4v) is 2.23. The van der Waals surface area contributed by atoms with Crippen molar-refractivity contribution < 1.29 is 18.3 Å². The fraction of sp³-hybridized carbons (Fsp3) is 0.562. The molecule has 0 N–H and O–H groups in total. The number of alkyl halides is 2. The zero-order valence-corrected chi connectivity index (χ0v) is 12.4. The van der Waals surface area contributed by atoms with Crippen LogP contribution in [0.2, 0.25) is 0 Å². The highest BCUT2D eigenvalue weighted by atomic mass is 19.3. The van der Waals surface area contributed by atoms with Crippen LogP contribution in [0.5, 0.6) is 5.75 Å². The molecule has 1 fully saturated rings. The summed E-state index contributed by atoms with van der Waals surface area (Å²) < 4.78 is 29.3. The number of para-hydroxylation sites is 1. The normalized spacial score (nSPS) is 14.6. The number of amides is 1. The van der Waals surface area contributed by atoms with E-state index in [-0.39, 0.29) is 23.3 Å². The van der Waals surface area contributed by atoms with Gasteiger partial charge in [0.2, 0.25) is 0 Å². The van der Waals surface area contributed by atoms with Gasteiger partial charge in [-0.3, -0.25) is 4.79 Å². The minimum atomic E-state index is -2.93. The first-order valence-electron chi connectivity index (χ1n) is 7.34. The van der Waals surface area contributed by atoms with Gasteiger partial charge >= 0.3 is 6.61 Å². The molecule has 0 atom stereocenters. The Morgan fingerprint density at radius 1 is 1.33 bits per heavy atom. The minimum Gasteiger partial charge on any atom is -0.434 e. The van der Waals surface area contributed by atoms with Gasteiger partial charge in [-0.25, -0.2) is 0 Å². The molecular weight excluding hydrogens is 276 g/mol. The molecule has 1 aliphatic rings. The molecule has 2 rings (SSSR count). The van der Waals surface area contributed by atoms with Crippen LogP contribution < -0.4 is 4.74 Å². The van der Waals surface area contributed by atoms with E-state index >= 15 is 0 Å². The Bertz CT molecular complexity index is 487. The molecule has 0 aromatic heterocycles. The van der Waals surface area contributed by atoms with Crippen molar-refractivity contribution in [1.82, 2.24) is 4.90 Å². The molecule has 1 amide bonds. The van der Waals surface area contributed by atoms with E-state index in [0.29, 0.717) is 12.5 Å². The zero-order chi connectivity index (χ0) is 15.4. The van der Waals surface area contributed by atoms with Gasteiger partial charge in [0.1, 0.15) is 5.75 Å². The standard InChI is InChI=1S/C16H21F2NO2/c1-11(2)9-10-19(12-7-8-12)15(20)13-5-3-4-6-14(13)21-16(17)18/h3-6,11-12,16H,7-10H2,1-2H3. The number of halogens is 2. The molecule has 1 aromatic rings. The van der Waals surface area contributed by atoms with E-state index in [1.807, 2.05) is 0 Å². The molecule has 0 bridgehead atoms. The van der Waals surface area contributed by atoms with Gasteiger partial charge < -0.3 is 9.64 Å². The zero-order valence-electron chi connectivity index (χ0n) is 12.4. The highest BCUT2D eigenvalue weighted by Gasteiger charge is 2.34. The average molecular weight is 297 g/mol. The molecule has 0 saturated heterocycles. The Kier molecular flexibility index (Phi) is 5.15. The maximum Gasteiger partial charge on any atom is 0.387 e. The lowest BCUT2D eigenvalue weighted by molar-refractivity contribution is -0.0502. The molecule has 21 heavy (non-hydrogen) atoms. The number of hydrogen-bond donors (Lipinski definition) is 0. The summed E-state index contributed by atoms with van der Waals surface area (Å²) in [5.74, 6) is 0.230. The number of hydrogen-bond acceptors (Lipinski definition) is 2. The van der Waals surface area contributed by atoms with Crippen LogP contribution >= 0.6 is 0 Å². The van der Waals surface area contributed by atoms with Crippen molar-refractivity contribution in [2.75, 3.05) is 6.54 Å². The molecule has 0 unspecified atom stereocenters. The molecule has 0 radical (unpaired) electrons. The highest BCUT2D eigenvalue weighted by Crippen LogP contribution is 2.31. The number of nitrogens with zero attached hydrogens (tertiary/aromatic N) is 1. The minimum absolute atomic E-state index is 0.0484. The first-order valence-corrected chi connectivity index (χ1v) is 7.34. The molecular formula is C16H21F2NO2. The number of rotatable bonds is 7. The topological polar surface area (TPSA) is 29.5 Å². The summed E-state index contributed by atoms with van der Waals surface area (Å²) in [5, 5.41) is 0. The highest BCUT2D eigenvalue weighted by molar-refractivity contribution is 5.97. The van der Waals surface area contributed by atoms with Crippen LogP contribution in [-0.2, 0) is 0 Å². The van der Waals surface area contributed by atoms with Gasteiger partial charge in [0.15, 0.2) is 0 Å². The quantitative estimate of drug-likeness (QED) is 0.763. The molecule has 0 spiro atoms. The van der Waals surface area contributed by atoms with E-state index in [1.54, 1.807) is 23.1 Å². The Balaban J connectivity index is 2.16. The molecule has 3 nitrogen and oxygen atoms in total. The van der Waals surface area contributed by atoms with Gasteiger partial charge in [-0.2, -0.15) is 8.78 Å². The van der Waals surface area contributed by atoms with Crippen molar-refractivity contribution in [3.05, 3.63) is 29.8 Å². The van der Waals surface area contributed by atoms with E-state index in [9.17, 15) is 13.6 Å². The van der Waals surface area contributed by atoms with E-state index in [1.165, 1.54) is 6.07 Å². The lowest BCUT2D eigenvalue weighted by Crippen LogP contribution is -2.35. The second-order valence-electron chi connectivity index (χ2n) is 5.79. The van der Waals surface area contributed by atoms with Gasteiger partial charge in [0.05, 0.1) is 5.56 Å². The third kappa shape index (κ3) is 4.41.